The van der Waals surface area contributed by atoms with Crippen LogP contribution in [-0.4, -0.2) is 40.1 Å². The molecule has 146 valence electrons. The lowest BCUT2D eigenvalue weighted by Crippen LogP contribution is -2.18. The molecule has 1 atom stereocenters. The number of hydrogen-bond donors (Lipinski definition) is 2. The van der Waals surface area contributed by atoms with Crippen LogP contribution in [0.25, 0.3) is 22.3 Å². The number of aromatic amines is 1. The molecule has 6 heteroatoms. The average Bonchev–Trinajstić information content (AvgIpc) is 3.14. The van der Waals surface area contributed by atoms with Gasteiger partial charge in [-0.25, -0.2) is 0 Å². The summed E-state index contributed by atoms with van der Waals surface area (Å²) in [6.45, 7) is 2.38. The quantitative estimate of drug-likeness (QED) is 0.702. The van der Waals surface area contributed by atoms with Crippen LogP contribution in [0.4, 0.5) is 0 Å². The van der Waals surface area contributed by atoms with Gasteiger partial charge in [-0.3, -0.25) is 0 Å². The normalized spacial score (nSPS) is 21.2. The molecule has 0 amide bonds. The summed E-state index contributed by atoms with van der Waals surface area (Å²) in [6, 6.07) is 9.30. The molecule has 1 aromatic carbocycles. The number of para-hydroxylation sites is 1. The third kappa shape index (κ3) is 3.16. The van der Waals surface area contributed by atoms with Crippen molar-refractivity contribution in [2.45, 2.75) is 44.1 Å². The molecule has 0 saturated carbocycles. The molecule has 4 heterocycles. The zero-order valence-corrected chi connectivity index (χ0v) is 15.9. The van der Waals surface area contributed by atoms with E-state index in [-0.39, 0.29) is 11.9 Å². The van der Waals surface area contributed by atoms with Gasteiger partial charge < -0.3 is 19.6 Å². The van der Waals surface area contributed by atoms with Gasteiger partial charge in [-0.2, -0.15) is 0 Å². The molecule has 1 unspecified atom stereocenters. The molecule has 0 radical (unpaired) electrons. The van der Waals surface area contributed by atoms with E-state index >= 15 is 0 Å². The molecule has 28 heavy (non-hydrogen) atoms. The molecular formula is C22H25N3O3. The molecular weight excluding hydrogens is 354 g/mol. The second kappa shape index (κ2) is 7.53. The lowest BCUT2D eigenvalue weighted by atomic mass is 9.89. The van der Waals surface area contributed by atoms with Crippen molar-refractivity contribution in [3.8, 4) is 17.0 Å². The highest BCUT2D eigenvalue weighted by molar-refractivity contribution is 5.86. The lowest BCUT2D eigenvalue weighted by Gasteiger charge is -2.27. The third-order valence-corrected chi connectivity index (χ3v) is 5.94. The fourth-order valence-corrected chi connectivity index (χ4v) is 4.47. The maximum atomic E-state index is 10.2. The lowest BCUT2D eigenvalue weighted by molar-refractivity contribution is 0.0144. The van der Waals surface area contributed by atoms with Crippen molar-refractivity contribution in [3.05, 3.63) is 41.6 Å². The first-order chi connectivity index (χ1) is 13.8. The standard InChI is InChI=1S/C22H25N3O3/c26-18-6-2-1-5-15(18)17-13-16-20(19-7-3-4-10-28-19)21(23-22(16)25-24-17)14-8-11-27-12-9-14/h1-2,5-6,13-14,19,26H,3-4,7-12H2,(H,23,25). The smallest absolute Gasteiger partial charge is 0.160 e. The largest absolute Gasteiger partial charge is 0.507 e. The first-order valence-electron chi connectivity index (χ1n) is 10.2. The van der Waals surface area contributed by atoms with Crippen molar-refractivity contribution < 1.29 is 14.6 Å². The van der Waals surface area contributed by atoms with Crippen LogP contribution >= 0.6 is 0 Å². The third-order valence-electron chi connectivity index (χ3n) is 5.94. The predicted molar refractivity (Wildman–Crippen MR) is 106 cm³/mol. The van der Waals surface area contributed by atoms with Gasteiger partial charge >= 0.3 is 0 Å². The number of aromatic nitrogens is 3. The zero-order valence-electron chi connectivity index (χ0n) is 15.9. The van der Waals surface area contributed by atoms with Gasteiger partial charge in [0.2, 0.25) is 0 Å². The van der Waals surface area contributed by atoms with E-state index in [2.05, 4.69) is 15.2 Å². The molecule has 0 bridgehead atoms. The Morgan fingerprint density at radius 1 is 1.00 bits per heavy atom. The Morgan fingerprint density at radius 2 is 1.86 bits per heavy atom. The van der Waals surface area contributed by atoms with Crippen molar-refractivity contribution in [2.75, 3.05) is 19.8 Å². The van der Waals surface area contributed by atoms with Crippen LogP contribution < -0.4 is 0 Å². The molecule has 2 fully saturated rings. The van der Waals surface area contributed by atoms with Crippen molar-refractivity contribution in [1.82, 2.24) is 15.2 Å². The number of nitrogens with zero attached hydrogens (tertiary/aromatic N) is 2. The minimum atomic E-state index is 0.0850. The van der Waals surface area contributed by atoms with Gasteiger partial charge in [-0.15, -0.1) is 10.2 Å². The molecule has 3 aromatic rings. The molecule has 2 N–H and O–H groups in total. The number of fused-ring (bicyclic) bond motifs is 1. The fraction of sp³-hybridized carbons (Fsp3) is 0.455. The van der Waals surface area contributed by atoms with E-state index in [1.54, 1.807) is 6.07 Å². The molecule has 2 aromatic heterocycles. The Morgan fingerprint density at radius 3 is 2.64 bits per heavy atom. The summed E-state index contributed by atoms with van der Waals surface area (Å²) in [5.74, 6) is 0.642. The number of phenols is 1. The molecule has 0 spiro atoms. The van der Waals surface area contributed by atoms with Crippen LogP contribution in [0.2, 0.25) is 0 Å². The summed E-state index contributed by atoms with van der Waals surface area (Å²) in [4.78, 5) is 3.55. The van der Waals surface area contributed by atoms with E-state index in [1.165, 1.54) is 17.7 Å². The Hall–Kier alpha value is -2.44. The number of H-pyrrole nitrogens is 1. The van der Waals surface area contributed by atoms with Crippen LogP contribution in [0, 0.1) is 0 Å². The van der Waals surface area contributed by atoms with Gasteiger partial charge in [0.1, 0.15) is 5.75 Å². The summed E-state index contributed by atoms with van der Waals surface area (Å²) in [7, 11) is 0. The van der Waals surface area contributed by atoms with Gasteiger partial charge in [0.25, 0.3) is 0 Å². The summed E-state index contributed by atoms with van der Waals surface area (Å²) < 4.78 is 11.8. The summed E-state index contributed by atoms with van der Waals surface area (Å²) in [5, 5.41) is 20.1. The number of nitrogens with one attached hydrogen (secondary N) is 1. The number of phenolic OH excluding ortho intramolecular Hbond substituents is 1. The number of hydrogen-bond acceptors (Lipinski definition) is 5. The number of benzene rings is 1. The highest BCUT2D eigenvalue weighted by atomic mass is 16.5. The van der Waals surface area contributed by atoms with Crippen molar-refractivity contribution >= 4 is 11.0 Å². The molecule has 5 rings (SSSR count). The molecule has 2 aliphatic rings. The topological polar surface area (TPSA) is 80.3 Å². The number of rotatable bonds is 3. The number of ether oxygens (including phenoxy) is 2. The second-order valence-corrected chi connectivity index (χ2v) is 7.70. The maximum absolute atomic E-state index is 10.2. The van der Waals surface area contributed by atoms with E-state index < -0.39 is 0 Å². The SMILES string of the molecule is Oc1ccccc1-c1cc2c(C3CCCCO3)c(C3CCOCC3)[nH]c2nn1. The van der Waals surface area contributed by atoms with Crippen LogP contribution in [0.15, 0.2) is 30.3 Å². The monoisotopic (exact) mass is 379 g/mol. The highest BCUT2D eigenvalue weighted by Crippen LogP contribution is 2.41. The Labute approximate surface area is 163 Å². The molecule has 0 aliphatic carbocycles. The van der Waals surface area contributed by atoms with Gasteiger partial charge in [-0.1, -0.05) is 12.1 Å². The van der Waals surface area contributed by atoms with Gasteiger partial charge in [0.15, 0.2) is 5.65 Å². The van der Waals surface area contributed by atoms with E-state index in [4.69, 9.17) is 9.47 Å². The van der Waals surface area contributed by atoms with Crippen LogP contribution in [0.1, 0.15) is 55.4 Å². The van der Waals surface area contributed by atoms with Gasteiger partial charge in [0, 0.05) is 47.9 Å². The minimum Gasteiger partial charge on any atom is -0.507 e. The Bertz CT molecular complexity index is 972. The molecule has 6 nitrogen and oxygen atoms in total. The predicted octanol–water partition coefficient (Wildman–Crippen LogP) is 4.47. The summed E-state index contributed by atoms with van der Waals surface area (Å²) in [5.41, 5.74) is 4.63. The van der Waals surface area contributed by atoms with Gasteiger partial charge in [-0.05, 0) is 50.3 Å². The summed E-state index contributed by atoms with van der Waals surface area (Å²) in [6.07, 6.45) is 5.42. The summed E-state index contributed by atoms with van der Waals surface area (Å²) >= 11 is 0. The Balaban J connectivity index is 1.65. The molecule has 2 aliphatic heterocycles. The van der Waals surface area contributed by atoms with Gasteiger partial charge in [0.05, 0.1) is 11.8 Å². The zero-order chi connectivity index (χ0) is 18.9. The van der Waals surface area contributed by atoms with E-state index in [0.717, 1.165) is 56.5 Å². The minimum absolute atomic E-state index is 0.0850. The maximum Gasteiger partial charge on any atom is 0.160 e. The highest BCUT2D eigenvalue weighted by Gasteiger charge is 2.29. The first kappa shape index (κ1) is 17.6. The van der Waals surface area contributed by atoms with Crippen molar-refractivity contribution in [1.29, 1.82) is 0 Å². The van der Waals surface area contributed by atoms with E-state index in [1.807, 2.05) is 24.3 Å². The van der Waals surface area contributed by atoms with Crippen LogP contribution in [0.5, 0.6) is 5.75 Å². The second-order valence-electron chi connectivity index (χ2n) is 7.70. The van der Waals surface area contributed by atoms with Crippen LogP contribution in [-0.2, 0) is 9.47 Å². The van der Waals surface area contributed by atoms with E-state index in [0.29, 0.717) is 17.2 Å². The van der Waals surface area contributed by atoms with E-state index in [9.17, 15) is 5.11 Å². The van der Waals surface area contributed by atoms with Crippen LogP contribution in [0.3, 0.4) is 0 Å². The fourth-order valence-electron chi connectivity index (χ4n) is 4.47. The van der Waals surface area contributed by atoms with Crippen molar-refractivity contribution in [2.24, 2.45) is 0 Å². The average molecular weight is 379 g/mol. The first-order valence-corrected chi connectivity index (χ1v) is 10.2. The number of aromatic hydroxyl groups is 1. The van der Waals surface area contributed by atoms with Crippen molar-refractivity contribution in [3.63, 3.8) is 0 Å². The Kier molecular flexibility index (Phi) is 4.74. The molecule has 2 saturated heterocycles.